The lowest BCUT2D eigenvalue weighted by Gasteiger charge is -2.34. The van der Waals surface area contributed by atoms with Crippen molar-refractivity contribution in [2.75, 3.05) is 26.2 Å². The van der Waals surface area contributed by atoms with E-state index in [0.29, 0.717) is 17.5 Å². The van der Waals surface area contributed by atoms with Gasteiger partial charge in [0.25, 0.3) is 0 Å². The number of piperazine rings is 1. The monoisotopic (exact) mass is 366 g/mol. The van der Waals surface area contributed by atoms with Crippen LogP contribution in [0.15, 0.2) is 22.7 Å². The third kappa shape index (κ3) is 5.23. The van der Waals surface area contributed by atoms with Crippen molar-refractivity contribution in [1.82, 2.24) is 19.9 Å². The maximum absolute atomic E-state index is 13.1. The summed E-state index contributed by atoms with van der Waals surface area (Å²) in [5.74, 6) is 1.21. The Bertz CT molecular complexity index is 685. The van der Waals surface area contributed by atoms with E-state index in [4.69, 9.17) is 16.1 Å². The zero-order chi connectivity index (χ0) is 17.6. The molecular weight excluding hydrogens is 343 g/mol. The smallest absolute Gasteiger partial charge is 0.240 e. The molecular formula is C18H24ClFN4O. The minimum atomic E-state index is -0.295. The van der Waals surface area contributed by atoms with E-state index in [-0.39, 0.29) is 5.82 Å². The summed E-state index contributed by atoms with van der Waals surface area (Å²) in [4.78, 5) is 9.11. The molecule has 25 heavy (non-hydrogen) atoms. The van der Waals surface area contributed by atoms with Gasteiger partial charge in [-0.3, -0.25) is 9.80 Å². The first-order valence-electron chi connectivity index (χ1n) is 8.84. The first-order chi connectivity index (χ1) is 12.1. The molecule has 1 aromatic carbocycles. The van der Waals surface area contributed by atoms with Crippen molar-refractivity contribution in [3.05, 3.63) is 46.3 Å². The number of nitrogens with zero attached hydrogens (tertiary/aromatic N) is 4. The number of hydrogen-bond donors (Lipinski definition) is 0. The minimum absolute atomic E-state index is 0.295. The molecule has 0 spiro atoms. The molecule has 0 aliphatic carbocycles. The van der Waals surface area contributed by atoms with Crippen molar-refractivity contribution in [2.24, 2.45) is 0 Å². The van der Waals surface area contributed by atoms with Crippen LogP contribution in [0.25, 0.3) is 0 Å². The van der Waals surface area contributed by atoms with Crippen LogP contribution in [0, 0.1) is 5.82 Å². The molecule has 0 amide bonds. The van der Waals surface area contributed by atoms with Gasteiger partial charge in [-0.15, -0.1) is 0 Å². The van der Waals surface area contributed by atoms with Gasteiger partial charge in [0.05, 0.1) is 6.54 Å². The van der Waals surface area contributed by atoms with Crippen LogP contribution >= 0.6 is 11.6 Å². The molecule has 2 heterocycles. The Hall–Kier alpha value is -1.50. The Morgan fingerprint density at radius 2 is 1.88 bits per heavy atom. The van der Waals surface area contributed by atoms with E-state index < -0.39 is 0 Å². The van der Waals surface area contributed by atoms with Gasteiger partial charge in [-0.25, -0.2) is 4.39 Å². The van der Waals surface area contributed by atoms with Crippen LogP contribution in [0.1, 0.15) is 37.0 Å². The van der Waals surface area contributed by atoms with Crippen LogP contribution in [0.3, 0.4) is 0 Å². The van der Waals surface area contributed by atoms with Crippen molar-refractivity contribution in [3.8, 4) is 0 Å². The van der Waals surface area contributed by atoms with Crippen LogP contribution in [-0.2, 0) is 19.5 Å². The van der Waals surface area contributed by atoms with Crippen molar-refractivity contribution in [1.29, 1.82) is 0 Å². The number of unbranched alkanes of at least 4 members (excludes halogenated alkanes) is 1. The number of aromatic nitrogens is 2. The van der Waals surface area contributed by atoms with Crippen molar-refractivity contribution in [2.45, 2.75) is 39.3 Å². The fourth-order valence-electron chi connectivity index (χ4n) is 2.98. The number of hydrogen-bond acceptors (Lipinski definition) is 5. The molecule has 136 valence electrons. The largest absolute Gasteiger partial charge is 0.338 e. The average Bonchev–Trinajstić information content (AvgIpc) is 3.04. The molecule has 1 saturated heterocycles. The minimum Gasteiger partial charge on any atom is -0.338 e. The lowest BCUT2D eigenvalue weighted by molar-refractivity contribution is 0.112. The maximum atomic E-state index is 13.1. The molecule has 0 N–H and O–H groups in total. The average molecular weight is 367 g/mol. The Kier molecular flexibility index (Phi) is 6.39. The lowest BCUT2D eigenvalue weighted by atomic mass is 10.2. The Balaban J connectivity index is 1.46. The highest BCUT2D eigenvalue weighted by Gasteiger charge is 2.20. The summed E-state index contributed by atoms with van der Waals surface area (Å²) in [5.41, 5.74) is 0.967. The molecule has 0 radical (unpaired) electrons. The summed E-state index contributed by atoms with van der Waals surface area (Å²) in [5, 5.41) is 4.53. The molecule has 0 unspecified atom stereocenters. The molecule has 1 fully saturated rings. The van der Waals surface area contributed by atoms with E-state index >= 15 is 0 Å². The van der Waals surface area contributed by atoms with Crippen LogP contribution in [0.4, 0.5) is 4.39 Å². The quantitative estimate of drug-likeness (QED) is 0.750. The highest BCUT2D eigenvalue weighted by molar-refractivity contribution is 6.31. The lowest BCUT2D eigenvalue weighted by Crippen LogP contribution is -2.45. The maximum Gasteiger partial charge on any atom is 0.240 e. The van der Waals surface area contributed by atoms with Crippen LogP contribution in [-0.4, -0.2) is 46.1 Å². The first-order valence-corrected chi connectivity index (χ1v) is 9.22. The van der Waals surface area contributed by atoms with Gasteiger partial charge < -0.3 is 4.52 Å². The second-order valence-electron chi connectivity index (χ2n) is 6.50. The standard InChI is InChI=1S/C18H24ClFN4O/c1-2-3-4-17-21-18(25-22-17)13-24-9-7-23(8-10-24)12-14-5-6-15(20)11-16(14)19/h5-6,11H,2-4,7-10,12-13H2,1H3. The highest BCUT2D eigenvalue weighted by Crippen LogP contribution is 2.20. The third-order valence-electron chi connectivity index (χ3n) is 4.50. The molecule has 0 saturated carbocycles. The molecule has 5 nitrogen and oxygen atoms in total. The van der Waals surface area contributed by atoms with E-state index in [0.717, 1.165) is 63.4 Å². The van der Waals surface area contributed by atoms with Crippen LogP contribution < -0.4 is 0 Å². The van der Waals surface area contributed by atoms with E-state index in [1.54, 1.807) is 6.07 Å². The van der Waals surface area contributed by atoms with Gasteiger partial charge in [0.1, 0.15) is 5.82 Å². The second kappa shape index (κ2) is 8.74. The van der Waals surface area contributed by atoms with Gasteiger partial charge >= 0.3 is 0 Å². The number of rotatable bonds is 7. The number of aryl methyl sites for hydroxylation is 1. The summed E-state index contributed by atoms with van der Waals surface area (Å²) in [7, 11) is 0. The van der Waals surface area contributed by atoms with Gasteiger partial charge in [0.15, 0.2) is 5.82 Å². The molecule has 0 bridgehead atoms. The fraction of sp³-hybridized carbons (Fsp3) is 0.556. The zero-order valence-corrected chi connectivity index (χ0v) is 15.3. The number of benzene rings is 1. The highest BCUT2D eigenvalue weighted by atomic mass is 35.5. The summed E-state index contributed by atoms with van der Waals surface area (Å²) in [6.07, 6.45) is 3.10. The van der Waals surface area contributed by atoms with Gasteiger partial charge in [-0.1, -0.05) is 36.2 Å². The predicted octanol–water partition coefficient (Wildman–Crippen LogP) is 3.52. The first kappa shape index (κ1) is 18.3. The van der Waals surface area contributed by atoms with Crippen LogP contribution in [0.2, 0.25) is 5.02 Å². The number of halogens is 2. The van der Waals surface area contributed by atoms with Crippen LogP contribution in [0.5, 0.6) is 0 Å². The molecule has 1 aromatic heterocycles. The molecule has 2 aromatic rings. The van der Waals surface area contributed by atoms with E-state index in [9.17, 15) is 4.39 Å². The fourth-order valence-corrected chi connectivity index (χ4v) is 3.21. The predicted molar refractivity (Wildman–Crippen MR) is 94.9 cm³/mol. The summed E-state index contributed by atoms with van der Waals surface area (Å²) in [6, 6.07) is 4.60. The van der Waals surface area contributed by atoms with E-state index in [2.05, 4.69) is 26.9 Å². The van der Waals surface area contributed by atoms with Gasteiger partial charge in [-0.05, 0) is 24.1 Å². The molecule has 3 rings (SSSR count). The van der Waals surface area contributed by atoms with Gasteiger partial charge in [0, 0.05) is 44.2 Å². The summed E-state index contributed by atoms with van der Waals surface area (Å²) in [6.45, 7) is 7.34. The zero-order valence-electron chi connectivity index (χ0n) is 14.5. The molecule has 0 atom stereocenters. The Labute approximate surface area is 152 Å². The van der Waals surface area contributed by atoms with Gasteiger partial charge in [-0.2, -0.15) is 4.98 Å². The van der Waals surface area contributed by atoms with Crippen molar-refractivity contribution in [3.63, 3.8) is 0 Å². The summed E-state index contributed by atoms with van der Waals surface area (Å²) < 4.78 is 18.5. The molecule has 1 aliphatic heterocycles. The second-order valence-corrected chi connectivity index (χ2v) is 6.90. The van der Waals surface area contributed by atoms with E-state index in [1.165, 1.54) is 12.1 Å². The summed E-state index contributed by atoms with van der Waals surface area (Å²) >= 11 is 6.12. The Morgan fingerprint density at radius 1 is 1.16 bits per heavy atom. The van der Waals surface area contributed by atoms with Gasteiger partial charge in [0.2, 0.25) is 5.89 Å². The topological polar surface area (TPSA) is 45.4 Å². The SMILES string of the molecule is CCCCc1noc(CN2CCN(Cc3ccc(F)cc3Cl)CC2)n1. The normalized spacial score (nSPS) is 16.4. The third-order valence-corrected chi connectivity index (χ3v) is 4.85. The van der Waals surface area contributed by atoms with E-state index in [1.807, 2.05) is 0 Å². The molecule has 1 aliphatic rings. The molecule has 7 heteroatoms. The van der Waals surface area contributed by atoms with Crippen molar-refractivity contribution < 1.29 is 8.91 Å². The Morgan fingerprint density at radius 3 is 2.56 bits per heavy atom. The van der Waals surface area contributed by atoms with Crippen molar-refractivity contribution >= 4 is 11.6 Å².